The number of amides is 4. The Balaban J connectivity index is 3.08. The molecule has 1 aliphatic heterocycles. The maximum absolute atomic E-state index is 13.1. The fourth-order valence-corrected chi connectivity index (χ4v) is 3.36. The molecule has 1 rings (SSSR count). The first-order valence-corrected chi connectivity index (χ1v) is 10.3. The molecule has 0 saturated carbocycles. The molecule has 0 aromatic carbocycles. The van der Waals surface area contributed by atoms with Crippen molar-refractivity contribution in [3.63, 3.8) is 0 Å². The first-order valence-electron chi connectivity index (χ1n) is 10.3. The molecule has 0 aromatic heterocycles. The Morgan fingerprint density at radius 2 is 1.65 bits per heavy atom. The lowest BCUT2D eigenvalue weighted by Gasteiger charge is -2.31. The highest BCUT2D eigenvalue weighted by atomic mass is 16.7. The molecule has 1 aliphatic rings. The third-order valence-corrected chi connectivity index (χ3v) is 4.59. The Bertz CT molecular complexity index is 707. The summed E-state index contributed by atoms with van der Waals surface area (Å²) in [7, 11) is 2.72. The number of hydrogen-bond donors (Lipinski definition) is 1. The monoisotopic (exact) mass is 443 g/mol. The van der Waals surface area contributed by atoms with E-state index >= 15 is 0 Å². The Morgan fingerprint density at radius 1 is 1.13 bits per heavy atom. The molecule has 10 nitrogen and oxygen atoms in total. The number of hydrogen-bond acceptors (Lipinski definition) is 7. The minimum absolute atomic E-state index is 0.0205. The molecule has 0 spiro atoms. The zero-order valence-corrected chi connectivity index (χ0v) is 20.3. The third-order valence-electron chi connectivity index (χ3n) is 4.59. The molecule has 2 atom stereocenters. The van der Waals surface area contributed by atoms with Gasteiger partial charge in [0.15, 0.2) is 0 Å². The van der Waals surface area contributed by atoms with Gasteiger partial charge >= 0.3 is 12.2 Å². The average molecular weight is 444 g/mol. The van der Waals surface area contributed by atoms with Gasteiger partial charge in [0, 0.05) is 18.5 Å². The van der Waals surface area contributed by atoms with E-state index in [4.69, 9.17) is 14.3 Å². The third kappa shape index (κ3) is 7.68. The zero-order chi connectivity index (χ0) is 24.4. The number of alkyl carbamates (subject to hydrolysis) is 1. The van der Waals surface area contributed by atoms with Crippen molar-refractivity contribution >= 4 is 24.0 Å². The van der Waals surface area contributed by atoms with Crippen molar-refractivity contribution in [3.05, 3.63) is 0 Å². The van der Waals surface area contributed by atoms with Crippen LogP contribution in [-0.4, -0.2) is 70.9 Å². The summed E-state index contributed by atoms with van der Waals surface area (Å²) in [4.78, 5) is 56.8. The van der Waals surface area contributed by atoms with Crippen LogP contribution in [0, 0.1) is 5.92 Å². The van der Waals surface area contributed by atoms with Crippen molar-refractivity contribution in [1.82, 2.24) is 15.3 Å². The van der Waals surface area contributed by atoms with E-state index in [0.717, 1.165) is 9.96 Å². The van der Waals surface area contributed by atoms with E-state index in [1.165, 1.54) is 14.2 Å². The molecule has 1 N–H and O–H groups in total. The lowest BCUT2D eigenvalue weighted by Crippen LogP contribution is -2.50. The molecule has 31 heavy (non-hydrogen) atoms. The molecule has 1 fully saturated rings. The molecule has 1 heterocycles. The molecular formula is C21H37N3O7. The SMILES string of the molecule is CON(C)C(=O)[C@H](C[C@H]1CC(C)(C)N(C(=O)OC(C)(C)C)C1=O)NC(=O)OC(C)(C)C. The van der Waals surface area contributed by atoms with Gasteiger partial charge in [0.25, 0.3) is 5.91 Å². The van der Waals surface area contributed by atoms with Gasteiger partial charge in [0.05, 0.1) is 7.11 Å². The van der Waals surface area contributed by atoms with Gasteiger partial charge < -0.3 is 14.8 Å². The molecule has 178 valence electrons. The number of likely N-dealkylation sites (N-methyl/N-ethyl adjacent to an activating group) is 1. The van der Waals surface area contributed by atoms with Gasteiger partial charge in [-0.3, -0.25) is 14.4 Å². The second kappa shape index (κ2) is 9.42. The molecule has 0 aliphatic carbocycles. The van der Waals surface area contributed by atoms with E-state index in [9.17, 15) is 19.2 Å². The van der Waals surface area contributed by atoms with Crippen LogP contribution >= 0.6 is 0 Å². The normalized spacial score (nSPS) is 19.6. The average Bonchev–Trinajstić information content (AvgIpc) is 2.77. The quantitative estimate of drug-likeness (QED) is 0.650. The minimum atomic E-state index is -1.08. The van der Waals surface area contributed by atoms with Crippen LogP contribution in [-0.2, 0) is 23.9 Å². The number of imide groups is 1. The summed E-state index contributed by atoms with van der Waals surface area (Å²) in [6, 6.07) is -1.08. The summed E-state index contributed by atoms with van der Waals surface area (Å²) in [5.74, 6) is -1.69. The summed E-state index contributed by atoms with van der Waals surface area (Å²) in [6.07, 6.45) is -1.24. The summed E-state index contributed by atoms with van der Waals surface area (Å²) in [5, 5.41) is 3.50. The van der Waals surface area contributed by atoms with Gasteiger partial charge in [-0.25, -0.2) is 19.6 Å². The maximum Gasteiger partial charge on any atom is 0.417 e. The molecule has 0 aromatic rings. The number of carbonyl (C=O) groups excluding carboxylic acids is 4. The fourth-order valence-electron chi connectivity index (χ4n) is 3.36. The van der Waals surface area contributed by atoms with Crippen molar-refractivity contribution in [2.24, 2.45) is 5.92 Å². The van der Waals surface area contributed by atoms with Gasteiger partial charge in [0.1, 0.15) is 17.2 Å². The molecule has 0 radical (unpaired) electrons. The van der Waals surface area contributed by atoms with Crippen LogP contribution in [0.3, 0.4) is 0 Å². The number of ether oxygens (including phenoxy) is 2. The lowest BCUT2D eigenvalue weighted by molar-refractivity contribution is -0.171. The van der Waals surface area contributed by atoms with Crippen LogP contribution in [0.2, 0.25) is 0 Å². The van der Waals surface area contributed by atoms with E-state index in [1.54, 1.807) is 55.4 Å². The Kier molecular flexibility index (Phi) is 8.10. The van der Waals surface area contributed by atoms with Crippen LogP contribution < -0.4 is 5.32 Å². The van der Waals surface area contributed by atoms with Crippen molar-refractivity contribution < 1.29 is 33.5 Å². The first-order chi connectivity index (χ1) is 13.9. The van der Waals surface area contributed by atoms with Crippen molar-refractivity contribution in [1.29, 1.82) is 0 Å². The zero-order valence-electron chi connectivity index (χ0n) is 20.3. The Morgan fingerprint density at radius 3 is 2.10 bits per heavy atom. The van der Waals surface area contributed by atoms with Crippen LogP contribution in [0.1, 0.15) is 68.2 Å². The van der Waals surface area contributed by atoms with E-state index in [2.05, 4.69) is 5.32 Å². The highest BCUT2D eigenvalue weighted by molar-refractivity contribution is 5.97. The van der Waals surface area contributed by atoms with Gasteiger partial charge in [-0.2, -0.15) is 0 Å². The smallest absolute Gasteiger partial charge is 0.417 e. The number of rotatable bonds is 5. The van der Waals surface area contributed by atoms with Gasteiger partial charge in [-0.15, -0.1) is 0 Å². The predicted octanol–water partition coefficient (Wildman–Crippen LogP) is 2.85. The van der Waals surface area contributed by atoms with E-state index in [-0.39, 0.29) is 6.42 Å². The van der Waals surface area contributed by atoms with Crippen LogP contribution in [0.15, 0.2) is 0 Å². The fraction of sp³-hybridized carbons (Fsp3) is 0.810. The number of carbonyl (C=O) groups is 4. The molecule has 0 bridgehead atoms. The molecule has 4 amide bonds. The highest BCUT2D eigenvalue weighted by Crippen LogP contribution is 2.37. The summed E-state index contributed by atoms with van der Waals surface area (Å²) >= 11 is 0. The predicted molar refractivity (Wildman–Crippen MR) is 113 cm³/mol. The standard InChI is InChI=1S/C21H37N3O7/c1-19(2,3)30-17(27)22-14(16(26)23(9)29-10)11-13-12-21(7,8)24(15(13)25)18(28)31-20(4,5)6/h13-14H,11-12H2,1-10H3,(H,22,27)/t13-,14-/m0/s1. The summed E-state index contributed by atoms with van der Waals surface area (Å²) < 4.78 is 10.6. The first kappa shape index (κ1) is 26.7. The van der Waals surface area contributed by atoms with E-state index in [1.807, 2.05) is 0 Å². The highest BCUT2D eigenvalue weighted by Gasteiger charge is 2.50. The maximum atomic E-state index is 13.1. The second-order valence-electron chi connectivity index (χ2n) is 10.3. The Hall–Kier alpha value is -2.36. The topological polar surface area (TPSA) is 114 Å². The van der Waals surface area contributed by atoms with Gasteiger partial charge in [0.2, 0.25) is 5.91 Å². The number of nitrogens with one attached hydrogen (secondary N) is 1. The molecule has 0 unspecified atom stereocenters. The molecular weight excluding hydrogens is 406 g/mol. The largest absolute Gasteiger partial charge is 0.444 e. The van der Waals surface area contributed by atoms with E-state index in [0.29, 0.717) is 6.42 Å². The second-order valence-corrected chi connectivity index (χ2v) is 10.3. The van der Waals surface area contributed by atoms with Gasteiger partial charge in [-0.05, 0) is 68.2 Å². The van der Waals surface area contributed by atoms with E-state index < -0.39 is 52.7 Å². The van der Waals surface area contributed by atoms with Crippen molar-refractivity contribution in [2.75, 3.05) is 14.2 Å². The minimum Gasteiger partial charge on any atom is -0.444 e. The summed E-state index contributed by atoms with van der Waals surface area (Å²) in [5.41, 5.74) is -2.33. The lowest BCUT2D eigenvalue weighted by atomic mass is 9.91. The summed E-state index contributed by atoms with van der Waals surface area (Å²) in [6.45, 7) is 13.8. The van der Waals surface area contributed by atoms with Crippen molar-refractivity contribution in [3.8, 4) is 0 Å². The molecule has 10 heteroatoms. The van der Waals surface area contributed by atoms with Gasteiger partial charge in [-0.1, -0.05) is 0 Å². The number of hydroxylamine groups is 2. The van der Waals surface area contributed by atoms with Crippen molar-refractivity contribution in [2.45, 2.75) is 91.0 Å². The number of likely N-dealkylation sites (tertiary alicyclic amines) is 1. The van der Waals surface area contributed by atoms with Crippen LogP contribution in [0.4, 0.5) is 9.59 Å². The molecule has 1 saturated heterocycles. The Labute approximate surface area is 184 Å². The van der Waals surface area contributed by atoms with Crippen LogP contribution in [0.25, 0.3) is 0 Å². The number of nitrogens with zero attached hydrogens (tertiary/aromatic N) is 2. The van der Waals surface area contributed by atoms with Crippen LogP contribution in [0.5, 0.6) is 0 Å².